The summed E-state index contributed by atoms with van der Waals surface area (Å²) >= 11 is 0. The number of hydrogen-bond donors (Lipinski definition) is 5. The van der Waals surface area contributed by atoms with Gasteiger partial charge in [-0.05, 0) is 64.3 Å². The topological polar surface area (TPSA) is 468 Å². The number of esters is 1. The number of aliphatic hydroxyl groups excluding tert-OH is 1. The number of rotatable bonds is 14. The van der Waals surface area contributed by atoms with Gasteiger partial charge in [-0.3, -0.25) is 14.4 Å². The maximum absolute atomic E-state index is 10.3. The summed E-state index contributed by atoms with van der Waals surface area (Å²) < 4.78 is 84.0. The minimum atomic E-state index is -3.11. The molecule has 0 bridgehead atoms. The average molecular weight is 1670 g/mol. The van der Waals surface area contributed by atoms with E-state index in [4.69, 9.17) is 82.9 Å². The van der Waals surface area contributed by atoms with Crippen molar-refractivity contribution in [1.82, 2.24) is 10.2 Å². The van der Waals surface area contributed by atoms with Crippen molar-refractivity contribution >= 4 is 121 Å². The van der Waals surface area contributed by atoms with Crippen LogP contribution in [0.15, 0.2) is 260 Å². The first-order valence-electron chi connectivity index (χ1n) is 26.0. The molecule has 0 radical (unpaired) electrons. The SMILES string of the molecule is C.C.C=C(C)C(=O)O.C=C(CO)C(=O)O.C=CC(=O)N(C)C.C=CC(=O)NC.C=CC(=O)O.C=CC(=O)OC.C=CC(=O)[O-].C=CC(=O)[O-].C=Cc1cccc2ccccc12.C=Cc1ccccc1.C=Cc1ccccc1.C=Cc1ccccc1.COC=O.O=S(=O)=O.O=S(=O)=O.O=S(=O)=O.[CH3-].[Cs+].[Na+].[Na+]. The van der Waals surface area contributed by atoms with Crippen molar-refractivity contribution in [2.45, 2.75) is 21.8 Å². The molecule has 5 aromatic rings. The van der Waals surface area contributed by atoms with Crippen LogP contribution in [-0.4, -0.2) is 159 Å². The van der Waals surface area contributed by atoms with Gasteiger partial charge in [0.15, 0.2) is 0 Å². The maximum Gasteiger partial charge on any atom is 1.00 e. The van der Waals surface area contributed by atoms with E-state index in [0.717, 1.165) is 24.3 Å². The zero-order valence-corrected chi connectivity index (χ0v) is 71.9. The fraction of sp³-hybridized carbons (Fsp3) is 0.127. The predicted octanol–water partition coefficient (Wildman–Crippen LogP) is -1.12. The van der Waals surface area contributed by atoms with Gasteiger partial charge in [-0.25, -0.2) is 19.2 Å². The second-order valence-corrected chi connectivity index (χ2v) is 16.5. The van der Waals surface area contributed by atoms with Gasteiger partial charge < -0.3 is 67.3 Å². The van der Waals surface area contributed by atoms with Crippen molar-refractivity contribution in [3.8, 4) is 0 Å². The second kappa shape index (κ2) is 109. The number of methoxy groups -OCH3 is 2. The summed E-state index contributed by atoms with van der Waals surface area (Å²) in [5.41, 5.74) is 4.72. The number of likely N-dealkylation sites (N-methyl/N-ethyl adjacent to an activating group) is 2. The number of benzene rings is 5. The van der Waals surface area contributed by atoms with Crippen LogP contribution in [0.5, 0.6) is 0 Å². The van der Waals surface area contributed by atoms with Crippen LogP contribution in [0.4, 0.5) is 0 Å². The van der Waals surface area contributed by atoms with Crippen LogP contribution < -0.4 is 144 Å². The van der Waals surface area contributed by atoms with Crippen molar-refractivity contribution in [1.29, 1.82) is 0 Å². The molecule has 0 unspecified atom stereocenters. The second-order valence-electron chi connectivity index (χ2n) is 15.3. The molecule has 2 amide bonds. The van der Waals surface area contributed by atoms with E-state index in [9.17, 15) is 28.8 Å². The quantitative estimate of drug-likeness (QED) is 0.0289. The first-order valence-corrected chi connectivity index (χ1v) is 29.0. The number of hydrogen-bond acceptors (Lipinski definition) is 23. The van der Waals surface area contributed by atoms with Crippen molar-refractivity contribution in [2.24, 2.45) is 0 Å². The van der Waals surface area contributed by atoms with E-state index < -0.39 is 74.2 Å². The Morgan fingerprint density at radius 2 is 0.781 bits per heavy atom. The Balaban J connectivity index is -0.0000000528. The number of carbonyl (C=O) groups excluding carboxylic acids is 6. The van der Waals surface area contributed by atoms with Crippen molar-refractivity contribution in [2.75, 3.05) is 42.0 Å². The van der Waals surface area contributed by atoms with E-state index in [1.54, 1.807) is 21.1 Å². The van der Waals surface area contributed by atoms with Crippen LogP contribution in [0.1, 0.15) is 44.0 Å². The first-order chi connectivity index (χ1) is 46.3. The first kappa shape index (κ1) is 139. The van der Waals surface area contributed by atoms with Crippen molar-refractivity contribution in [3.05, 3.63) is 290 Å². The van der Waals surface area contributed by atoms with E-state index in [1.807, 2.05) is 115 Å². The van der Waals surface area contributed by atoms with Gasteiger partial charge in [-0.15, -0.1) is 37.9 Å². The Kier molecular flexibility index (Phi) is 144. The van der Waals surface area contributed by atoms with Gasteiger partial charge in [0.05, 0.1) is 38.3 Å². The number of ether oxygens (including phenoxy) is 2. The molecular weight excluding hydrogens is 1570 g/mol. The summed E-state index contributed by atoms with van der Waals surface area (Å²) in [6.45, 7) is 40.6. The monoisotopic (exact) mass is 1660 g/mol. The number of aliphatic carboxylic acids is 5. The molecular formula is C71H93CsN2Na2O26S3. The molecule has 5 rings (SSSR count). The summed E-state index contributed by atoms with van der Waals surface area (Å²) in [6.07, 6.45) is 13.3. The maximum atomic E-state index is 10.3. The Bertz CT molecular complexity index is 3340. The molecule has 105 heavy (non-hydrogen) atoms. The van der Waals surface area contributed by atoms with Crippen LogP contribution in [0, 0.1) is 7.43 Å². The number of carbonyl (C=O) groups is 9. The third kappa shape index (κ3) is 146. The Morgan fingerprint density at radius 1 is 0.505 bits per heavy atom. The normalized spacial score (nSPS) is 7.15. The number of nitrogens with zero attached hydrogens (tertiary/aromatic N) is 1. The Labute approximate surface area is 725 Å². The van der Waals surface area contributed by atoms with Crippen molar-refractivity contribution < 1.29 is 249 Å². The zero-order valence-electron chi connectivity index (χ0n) is 59.2. The van der Waals surface area contributed by atoms with Crippen LogP contribution in [-0.2, 0) is 84.5 Å². The molecule has 564 valence electrons. The minimum absolute atomic E-state index is 0. The van der Waals surface area contributed by atoms with Crippen LogP contribution in [0.2, 0.25) is 0 Å². The fourth-order valence-corrected chi connectivity index (χ4v) is 3.63. The molecule has 0 saturated heterocycles. The molecule has 0 aliphatic carbocycles. The molecule has 0 aromatic heterocycles. The Morgan fingerprint density at radius 3 is 0.905 bits per heavy atom. The van der Waals surface area contributed by atoms with E-state index >= 15 is 0 Å². The van der Waals surface area contributed by atoms with Crippen LogP contribution in [0.3, 0.4) is 0 Å². The van der Waals surface area contributed by atoms with E-state index in [2.05, 4.69) is 136 Å². The van der Waals surface area contributed by atoms with Gasteiger partial charge in [0.25, 0.3) is 6.47 Å². The van der Waals surface area contributed by atoms with Crippen LogP contribution in [0.25, 0.3) is 35.1 Å². The molecule has 0 spiro atoms. The third-order valence-corrected chi connectivity index (χ3v) is 8.03. The fourth-order valence-electron chi connectivity index (χ4n) is 3.63. The summed E-state index contributed by atoms with van der Waals surface area (Å²) in [6, 6.07) is 44.7. The molecule has 5 aromatic carbocycles. The standard InChI is InChI=1S/C12H10.3C8H8.C5H9NO.C4H7NO.C4H6O3.2C4H6O2.3C3H4O2.C2H4O2.2CH4.CH3.Cs.2Na.3O3S/c1-2-10-7-5-8-11-6-3-4-9-12(10)11;3*1-2-8-6-4-3-5-7-8;1-4-5(7)6(2)3;1-3-4(6)5-2;1-3(2-5)4(6)7;1-3-4(5)6-2;1-3(2)4(5)6;3*1-2-3(4)5;1-4-2-3;;;;;;;3*1-4(2)3/h2-9H,1H2;3*2-7H,1H2;4H,1H2,2-3H3;3H,1H2,2H3,(H,5,6);5H,1-2H2,(H,6,7);3H,1H2,2H3;1H2,2H3,(H,5,6);3*2H,1H2,(H,4,5);2H,1H3;2*1H4;1H3;;;;;;/q;;;;;;;;;;;;;;;-1;3*+1;;;/p-2. The minimum Gasteiger partial charge on any atom is -0.545 e. The number of nitrogens with one attached hydrogen (secondary N) is 1. The van der Waals surface area contributed by atoms with Crippen LogP contribution >= 0.6 is 0 Å². The van der Waals surface area contributed by atoms with Gasteiger partial charge in [0, 0.05) is 38.9 Å². The van der Waals surface area contributed by atoms with Gasteiger partial charge in [0.2, 0.25) is 11.8 Å². The molecule has 28 nitrogen and oxygen atoms in total. The molecule has 0 fully saturated rings. The summed E-state index contributed by atoms with van der Waals surface area (Å²) in [4.78, 5) is 87.3. The number of carboxylic acid groups (broad SMARTS) is 5. The number of carboxylic acids is 5. The molecule has 34 heteroatoms. The average Bonchev–Trinajstić information content (AvgIpc) is 0.839. The zero-order chi connectivity index (χ0) is 79.7. The van der Waals surface area contributed by atoms with Gasteiger partial charge >= 0.3 is 184 Å². The molecule has 0 aliphatic heterocycles. The van der Waals surface area contributed by atoms with Gasteiger partial charge in [-0.1, -0.05) is 252 Å². The van der Waals surface area contributed by atoms with Gasteiger partial charge in [-0.2, -0.15) is 0 Å². The Hall–Kier alpha value is -8.66. The third-order valence-electron chi connectivity index (χ3n) is 8.03. The van der Waals surface area contributed by atoms with E-state index in [0.29, 0.717) is 6.47 Å². The smallest absolute Gasteiger partial charge is 0.545 e. The number of aliphatic hydroxyl groups is 1. The predicted molar refractivity (Wildman–Crippen MR) is 396 cm³/mol. The largest absolute Gasteiger partial charge is 1.00 e. The summed E-state index contributed by atoms with van der Waals surface area (Å²) in [5.74, 6) is -6.12. The molecule has 0 heterocycles. The number of fused-ring (bicyclic) bond motifs is 1. The summed E-state index contributed by atoms with van der Waals surface area (Å²) in [5, 5.41) is 54.6. The summed E-state index contributed by atoms with van der Waals surface area (Å²) in [7, 11) is -1.78. The molecule has 0 atom stereocenters. The number of amides is 2. The molecule has 0 aliphatic rings. The van der Waals surface area contributed by atoms with Gasteiger partial charge in [0.1, 0.15) is 0 Å². The van der Waals surface area contributed by atoms with Crippen molar-refractivity contribution in [3.63, 3.8) is 0 Å². The molecule has 5 N–H and O–H groups in total. The van der Waals surface area contributed by atoms with E-state index in [1.165, 1.54) is 71.2 Å². The van der Waals surface area contributed by atoms with E-state index in [-0.39, 0.29) is 173 Å². The molecule has 0 saturated carbocycles.